The van der Waals surface area contributed by atoms with Crippen molar-refractivity contribution in [3.63, 3.8) is 0 Å². The van der Waals surface area contributed by atoms with E-state index in [0.29, 0.717) is 11.3 Å². The molecule has 142 valence electrons. The molecule has 2 aromatic carbocycles. The van der Waals surface area contributed by atoms with Crippen LogP contribution in [-0.2, 0) is 11.4 Å². The molecular weight excluding hydrogens is 344 g/mol. The topological polar surface area (TPSA) is 96.7 Å². The number of benzene rings is 2. The van der Waals surface area contributed by atoms with Crippen LogP contribution in [0.15, 0.2) is 48.5 Å². The molecule has 0 saturated carbocycles. The molecule has 27 heavy (non-hydrogen) atoms. The molecule has 2 aromatic rings. The highest BCUT2D eigenvalue weighted by molar-refractivity contribution is 5.98. The SMILES string of the molecule is NC(=O)c1ccc(N2CCCCC2)c(NC(=O)NOCc2ccccc2)c1. The average Bonchev–Trinajstić information content (AvgIpc) is 2.69. The van der Waals surface area contributed by atoms with E-state index in [-0.39, 0.29) is 6.61 Å². The molecule has 3 rings (SSSR count). The fourth-order valence-corrected chi connectivity index (χ4v) is 3.11. The Kier molecular flexibility index (Phi) is 6.27. The summed E-state index contributed by atoms with van der Waals surface area (Å²) in [5.74, 6) is -0.538. The molecule has 4 N–H and O–H groups in total. The lowest BCUT2D eigenvalue weighted by Gasteiger charge is -2.30. The summed E-state index contributed by atoms with van der Waals surface area (Å²) in [6.45, 7) is 2.09. The average molecular weight is 368 g/mol. The van der Waals surface area contributed by atoms with Gasteiger partial charge in [0.05, 0.1) is 18.0 Å². The molecule has 7 heteroatoms. The maximum atomic E-state index is 12.2. The van der Waals surface area contributed by atoms with Crippen LogP contribution in [0.3, 0.4) is 0 Å². The van der Waals surface area contributed by atoms with E-state index in [1.54, 1.807) is 12.1 Å². The molecule has 0 aromatic heterocycles. The first-order chi connectivity index (χ1) is 13.1. The van der Waals surface area contributed by atoms with E-state index in [1.807, 2.05) is 36.4 Å². The molecule has 1 aliphatic heterocycles. The summed E-state index contributed by atoms with van der Waals surface area (Å²) in [6, 6.07) is 14.1. The predicted molar refractivity (Wildman–Crippen MR) is 104 cm³/mol. The molecule has 1 heterocycles. The number of piperidine rings is 1. The second-order valence-electron chi connectivity index (χ2n) is 6.47. The van der Waals surface area contributed by atoms with Crippen molar-refractivity contribution in [2.75, 3.05) is 23.3 Å². The van der Waals surface area contributed by atoms with Crippen molar-refractivity contribution < 1.29 is 14.4 Å². The van der Waals surface area contributed by atoms with E-state index in [9.17, 15) is 9.59 Å². The number of nitrogens with two attached hydrogens (primary N) is 1. The molecule has 0 atom stereocenters. The van der Waals surface area contributed by atoms with E-state index in [0.717, 1.165) is 37.2 Å². The predicted octanol–water partition coefficient (Wildman–Crippen LogP) is 3.03. The molecule has 0 unspecified atom stereocenters. The van der Waals surface area contributed by atoms with Gasteiger partial charge in [0.1, 0.15) is 0 Å². The fourth-order valence-electron chi connectivity index (χ4n) is 3.11. The minimum atomic E-state index is -0.538. The summed E-state index contributed by atoms with van der Waals surface area (Å²) in [5, 5.41) is 2.76. The van der Waals surface area contributed by atoms with E-state index >= 15 is 0 Å². The number of primary amides is 1. The van der Waals surface area contributed by atoms with Gasteiger partial charge in [-0.15, -0.1) is 0 Å². The minimum absolute atomic E-state index is 0.258. The Morgan fingerprint density at radius 2 is 1.78 bits per heavy atom. The number of carbonyl (C=O) groups is 2. The van der Waals surface area contributed by atoms with E-state index < -0.39 is 11.9 Å². The standard InChI is InChI=1S/C20H24N4O3/c21-19(25)16-9-10-18(24-11-5-2-6-12-24)17(13-16)22-20(26)23-27-14-15-7-3-1-4-8-15/h1,3-4,7-10,13H,2,5-6,11-12,14H2,(H2,21,25)(H2,22,23,26). The molecule has 1 saturated heterocycles. The molecule has 0 aliphatic carbocycles. The second kappa shape index (κ2) is 9.05. The number of rotatable bonds is 6. The third kappa shape index (κ3) is 5.21. The second-order valence-corrected chi connectivity index (χ2v) is 6.47. The van der Waals surface area contributed by atoms with Crippen molar-refractivity contribution in [3.8, 4) is 0 Å². The van der Waals surface area contributed by atoms with Gasteiger partial charge in [-0.2, -0.15) is 0 Å². The van der Waals surface area contributed by atoms with Gasteiger partial charge in [-0.1, -0.05) is 30.3 Å². The molecule has 3 amide bonds. The summed E-state index contributed by atoms with van der Waals surface area (Å²) in [5.41, 5.74) is 10.5. The lowest BCUT2D eigenvalue weighted by molar-refractivity contribution is 0.0536. The Morgan fingerprint density at radius 3 is 2.48 bits per heavy atom. The molecule has 0 bridgehead atoms. The van der Waals surface area contributed by atoms with Crippen LogP contribution in [0.25, 0.3) is 0 Å². The first kappa shape index (κ1) is 18.7. The van der Waals surface area contributed by atoms with Gasteiger partial charge in [0, 0.05) is 18.7 Å². The number of carbonyl (C=O) groups excluding carboxylic acids is 2. The lowest BCUT2D eigenvalue weighted by atomic mass is 10.1. The van der Waals surface area contributed by atoms with Gasteiger partial charge in [-0.05, 0) is 43.0 Å². The van der Waals surface area contributed by atoms with E-state index in [2.05, 4.69) is 15.7 Å². The van der Waals surface area contributed by atoms with Crippen molar-refractivity contribution in [3.05, 3.63) is 59.7 Å². The summed E-state index contributed by atoms with van der Waals surface area (Å²) in [7, 11) is 0. The Bertz CT molecular complexity index is 789. The Balaban J connectivity index is 1.66. The van der Waals surface area contributed by atoms with Crippen LogP contribution < -0.4 is 21.4 Å². The van der Waals surface area contributed by atoms with Crippen molar-refractivity contribution >= 4 is 23.3 Å². The maximum Gasteiger partial charge on any atom is 0.343 e. The molecule has 1 aliphatic rings. The van der Waals surface area contributed by atoms with E-state index in [4.69, 9.17) is 10.6 Å². The van der Waals surface area contributed by atoms with Gasteiger partial charge in [0.25, 0.3) is 0 Å². The van der Waals surface area contributed by atoms with Crippen LogP contribution in [0.1, 0.15) is 35.2 Å². The van der Waals surface area contributed by atoms with Crippen LogP contribution in [-0.4, -0.2) is 25.0 Å². The number of amides is 3. The van der Waals surface area contributed by atoms with Gasteiger partial charge in [-0.3, -0.25) is 9.63 Å². The zero-order valence-corrected chi connectivity index (χ0v) is 15.1. The number of nitrogens with one attached hydrogen (secondary N) is 2. The fraction of sp³-hybridized carbons (Fsp3) is 0.300. The monoisotopic (exact) mass is 368 g/mol. The maximum absolute atomic E-state index is 12.2. The number of hydrogen-bond donors (Lipinski definition) is 3. The normalized spacial score (nSPS) is 13.9. The molecule has 0 radical (unpaired) electrons. The summed E-state index contributed by atoms with van der Waals surface area (Å²) in [6.07, 6.45) is 3.40. The number of urea groups is 1. The first-order valence-corrected chi connectivity index (χ1v) is 9.05. The number of hydroxylamine groups is 1. The highest BCUT2D eigenvalue weighted by Gasteiger charge is 2.17. The van der Waals surface area contributed by atoms with Crippen molar-refractivity contribution in [1.82, 2.24) is 5.48 Å². The van der Waals surface area contributed by atoms with Gasteiger partial charge in [0.2, 0.25) is 5.91 Å². The summed E-state index contributed by atoms with van der Waals surface area (Å²) >= 11 is 0. The number of hydrogen-bond acceptors (Lipinski definition) is 4. The van der Waals surface area contributed by atoms with Gasteiger partial charge in [-0.25, -0.2) is 10.3 Å². The highest BCUT2D eigenvalue weighted by Crippen LogP contribution is 2.29. The minimum Gasteiger partial charge on any atom is -0.370 e. The van der Waals surface area contributed by atoms with Gasteiger partial charge >= 0.3 is 6.03 Å². The highest BCUT2D eigenvalue weighted by atomic mass is 16.7. The quantitative estimate of drug-likeness (QED) is 0.683. The smallest absolute Gasteiger partial charge is 0.343 e. The number of nitrogens with zero attached hydrogens (tertiary/aromatic N) is 1. The van der Waals surface area contributed by atoms with Crippen LogP contribution in [0.5, 0.6) is 0 Å². The Morgan fingerprint density at radius 1 is 1.04 bits per heavy atom. The van der Waals surface area contributed by atoms with Crippen LogP contribution >= 0.6 is 0 Å². The summed E-state index contributed by atoms with van der Waals surface area (Å²) < 4.78 is 0. The van der Waals surface area contributed by atoms with Gasteiger partial charge < -0.3 is 16.0 Å². The zero-order valence-electron chi connectivity index (χ0n) is 15.1. The molecule has 0 spiro atoms. The largest absolute Gasteiger partial charge is 0.370 e. The van der Waals surface area contributed by atoms with Crippen molar-refractivity contribution in [1.29, 1.82) is 0 Å². The number of anilines is 2. The Labute approximate surface area is 158 Å². The lowest BCUT2D eigenvalue weighted by Crippen LogP contribution is -2.33. The first-order valence-electron chi connectivity index (χ1n) is 9.05. The summed E-state index contributed by atoms with van der Waals surface area (Å²) in [4.78, 5) is 31.2. The molecule has 1 fully saturated rings. The van der Waals surface area contributed by atoms with Crippen molar-refractivity contribution in [2.45, 2.75) is 25.9 Å². The van der Waals surface area contributed by atoms with Crippen LogP contribution in [0, 0.1) is 0 Å². The van der Waals surface area contributed by atoms with Crippen LogP contribution in [0.4, 0.5) is 16.2 Å². The van der Waals surface area contributed by atoms with E-state index in [1.165, 1.54) is 6.42 Å². The van der Waals surface area contributed by atoms with Gasteiger partial charge in [0.15, 0.2) is 0 Å². The molecular formula is C20H24N4O3. The Hall–Kier alpha value is -3.06. The van der Waals surface area contributed by atoms with Crippen LogP contribution in [0.2, 0.25) is 0 Å². The molecule has 7 nitrogen and oxygen atoms in total. The third-order valence-electron chi connectivity index (χ3n) is 4.47. The zero-order chi connectivity index (χ0) is 19.1. The third-order valence-corrected chi connectivity index (χ3v) is 4.47. The van der Waals surface area contributed by atoms with Crippen molar-refractivity contribution in [2.24, 2.45) is 5.73 Å².